The van der Waals surface area contributed by atoms with E-state index in [9.17, 15) is 4.79 Å². The molecule has 0 aliphatic heterocycles. The van der Waals surface area contributed by atoms with Gasteiger partial charge in [-0.15, -0.1) is 0 Å². The first-order chi connectivity index (χ1) is 7.78. The molecule has 0 amide bonds. The first-order valence-electron chi connectivity index (χ1n) is 6.06. The van der Waals surface area contributed by atoms with Gasteiger partial charge in [0.2, 0.25) is 5.43 Å². The summed E-state index contributed by atoms with van der Waals surface area (Å²) in [6.45, 7) is 10.3. The predicted molar refractivity (Wildman–Crippen MR) is 79.5 cm³/mol. The van der Waals surface area contributed by atoms with Crippen LogP contribution in [0.15, 0.2) is 4.79 Å². The molecule has 0 aliphatic rings. The second-order valence-corrected chi connectivity index (χ2v) is 6.04. The molecule has 17 heavy (non-hydrogen) atoms. The van der Waals surface area contributed by atoms with Crippen LogP contribution >= 0.6 is 12.2 Å². The maximum absolute atomic E-state index is 11.7. The maximum Gasteiger partial charge on any atom is 0.223 e. The summed E-state index contributed by atoms with van der Waals surface area (Å²) < 4.78 is 0.465. The quantitative estimate of drug-likeness (QED) is 0.820. The summed E-state index contributed by atoms with van der Waals surface area (Å²) in [5.41, 5.74) is 1.87. The zero-order valence-electron chi connectivity index (χ0n) is 11.4. The Morgan fingerprint density at radius 2 is 2.00 bits per heavy atom. The van der Waals surface area contributed by atoms with Crippen molar-refractivity contribution >= 4 is 23.6 Å². The average molecular weight is 256 g/mol. The van der Waals surface area contributed by atoms with Crippen molar-refractivity contribution in [1.29, 1.82) is 0 Å². The van der Waals surface area contributed by atoms with E-state index >= 15 is 0 Å². The molecule has 0 radical (unpaired) electrons. The van der Waals surface area contributed by atoms with Crippen LogP contribution in [0.4, 0.5) is 11.4 Å². The van der Waals surface area contributed by atoms with Crippen LogP contribution in [0.2, 0.25) is 0 Å². The fourth-order valence-corrected chi connectivity index (χ4v) is 1.99. The molecular formula is C13H24N2OS. The predicted octanol–water partition coefficient (Wildman–Crippen LogP) is 3.20. The van der Waals surface area contributed by atoms with E-state index in [1.54, 1.807) is 0 Å². The minimum Gasteiger partial charge on any atom is -0.380 e. The van der Waals surface area contributed by atoms with Crippen molar-refractivity contribution < 1.29 is 1.43 Å². The van der Waals surface area contributed by atoms with Crippen molar-refractivity contribution in [3.8, 4) is 0 Å². The van der Waals surface area contributed by atoms with Gasteiger partial charge >= 0.3 is 0 Å². The SMILES string of the molecule is CCN(C)c1c(NCCC(C)(C)C)c(=O)c1=S.[HH]. The van der Waals surface area contributed by atoms with Gasteiger partial charge in [0.15, 0.2) is 0 Å². The number of nitrogens with zero attached hydrogens (tertiary/aromatic N) is 1. The Morgan fingerprint density at radius 3 is 2.47 bits per heavy atom. The third kappa shape index (κ3) is 3.28. The molecule has 98 valence electrons. The summed E-state index contributed by atoms with van der Waals surface area (Å²) in [6, 6.07) is 0. The van der Waals surface area contributed by atoms with Gasteiger partial charge in [-0.05, 0) is 18.8 Å². The molecule has 0 saturated carbocycles. The molecular weight excluding hydrogens is 232 g/mol. The van der Waals surface area contributed by atoms with Gasteiger partial charge < -0.3 is 10.2 Å². The first-order valence-corrected chi connectivity index (χ1v) is 6.47. The smallest absolute Gasteiger partial charge is 0.223 e. The van der Waals surface area contributed by atoms with Gasteiger partial charge in [-0.2, -0.15) is 0 Å². The van der Waals surface area contributed by atoms with Gasteiger partial charge in [-0.1, -0.05) is 33.0 Å². The highest BCUT2D eigenvalue weighted by molar-refractivity contribution is 7.71. The molecule has 1 aromatic rings. The van der Waals surface area contributed by atoms with Crippen LogP contribution < -0.4 is 15.6 Å². The molecule has 0 fully saturated rings. The summed E-state index contributed by atoms with van der Waals surface area (Å²) in [5, 5.41) is 3.22. The lowest BCUT2D eigenvalue weighted by atomic mass is 9.92. The molecule has 0 saturated heterocycles. The first kappa shape index (κ1) is 14.2. The molecule has 0 aliphatic carbocycles. The minimum atomic E-state index is -0.00999. The molecule has 0 aromatic heterocycles. The second kappa shape index (κ2) is 5.17. The second-order valence-electron chi connectivity index (χ2n) is 5.63. The van der Waals surface area contributed by atoms with Crippen LogP contribution in [0.1, 0.15) is 35.5 Å². The molecule has 1 N–H and O–H groups in total. The van der Waals surface area contributed by atoms with Crippen molar-refractivity contribution in [3.05, 3.63) is 14.7 Å². The molecule has 0 bridgehead atoms. The summed E-state index contributed by atoms with van der Waals surface area (Å²) in [7, 11) is 1.96. The Morgan fingerprint density at radius 1 is 1.41 bits per heavy atom. The lowest BCUT2D eigenvalue weighted by Gasteiger charge is -2.25. The zero-order valence-corrected chi connectivity index (χ0v) is 12.2. The van der Waals surface area contributed by atoms with Crippen LogP contribution in [0.3, 0.4) is 0 Å². The molecule has 1 aromatic carbocycles. The largest absolute Gasteiger partial charge is 0.380 e. The number of hydrogen-bond acceptors (Lipinski definition) is 4. The number of rotatable bonds is 5. The van der Waals surface area contributed by atoms with Gasteiger partial charge in [0.25, 0.3) is 0 Å². The van der Waals surface area contributed by atoms with Crippen molar-refractivity contribution in [3.63, 3.8) is 0 Å². The number of hydrogen-bond donors (Lipinski definition) is 1. The molecule has 1 rings (SSSR count). The fourth-order valence-electron chi connectivity index (χ4n) is 1.63. The van der Waals surface area contributed by atoms with E-state index in [0.717, 1.165) is 25.2 Å². The average Bonchev–Trinajstić information content (AvgIpc) is 2.25. The molecule has 0 unspecified atom stereocenters. The van der Waals surface area contributed by atoms with Gasteiger partial charge in [0.05, 0.1) is 5.69 Å². The highest BCUT2D eigenvalue weighted by atomic mass is 32.1. The van der Waals surface area contributed by atoms with Gasteiger partial charge in [-0.3, -0.25) is 4.79 Å². The lowest BCUT2D eigenvalue weighted by molar-refractivity contribution is 0.389. The molecule has 0 atom stereocenters. The Labute approximate surface area is 110 Å². The van der Waals surface area contributed by atoms with Crippen LogP contribution in [-0.2, 0) is 0 Å². The maximum atomic E-state index is 11.7. The molecule has 3 nitrogen and oxygen atoms in total. The van der Waals surface area contributed by atoms with E-state index in [1.807, 2.05) is 18.9 Å². The summed E-state index contributed by atoms with van der Waals surface area (Å²) in [6.07, 6.45) is 1.03. The van der Waals surface area contributed by atoms with E-state index in [2.05, 4.69) is 26.1 Å². The highest BCUT2D eigenvalue weighted by Gasteiger charge is 2.20. The van der Waals surface area contributed by atoms with Crippen LogP contribution in [0.25, 0.3) is 0 Å². The summed E-state index contributed by atoms with van der Waals surface area (Å²) >= 11 is 5.08. The van der Waals surface area contributed by atoms with Crippen LogP contribution in [0.5, 0.6) is 0 Å². The van der Waals surface area contributed by atoms with Crippen molar-refractivity contribution in [2.75, 3.05) is 30.4 Å². The highest BCUT2D eigenvalue weighted by Crippen LogP contribution is 2.27. The monoisotopic (exact) mass is 256 g/mol. The zero-order chi connectivity index (χ0) is 13.2. The molecule has 0 heterocycles. The van der Waals surface area contributed by atoms with E-state index < -0.39 is 0 Å². The van der Waals surface area contributed by atoms with Gasteiger partial charge in [0, 0.05) is 21.6 Å². The normalized spacial score (nSPS) is 11.8. The van der Waals surface area contributed by atoms with Crippen LogP contribution in [-0.4, -0.2) is 20.1 Å². The third-order valence-electron chi connectivity index (χ3n) is 2.92. The van der Waals surface area contributed by atoms with Crippen molar-refractivity contribution in [1.82, 2.24) is 0 Å². The molecule has 0 spiro atoms. The van der Waals surface area contributed by atoms with E-state index in [-0.39, 0.29) is 12.3 Å². The van der Waals surface area contributed by atoms with Crippen molar-refractivity contribution in [2.45, 2.75) is 34.1 Å². The van der Waals surface area contributed by atoms with Crippen LogP contribution in [0, 0.1) is 9.93 Å². The van der Waals surface area contributed by atoms with Gasteiger partial charge in [-0.25, -0.2) is 0 Å². The van der Waals surface area contributed by atoms with E-state index in [1.165, 1.54) is 0 Å². The Bertz CT molecular complexity index is 458. The molecule has 4 heteroatoms. The number of anilines is 2. The summed E-state index contributed by atoms with van der Waals surface area (Å²) in [4.78, 5) is 13.7. The summed E-state index contributed by atoms with van der Waals surface area (Å²) in [5.74, 6) is 0. The van der Waals surface area contributed by atoms with Gasteiger partial charge in [0.1, 0.15) is 10.2 Å². The number of nitrogens with one attached hydrogen (secondary N) is 1. The van der Waals surface area contributed by atoms with E-state index in [4.69, 9.17) is 12.2 Å². The lowest BCUT2D eigenvalue weighted by Crippen LogP contribution is -2.29. The Balaban J connectivity index is 0.00000289. The fraction of sp³-hybridized carbons (Fsp3) is 0.692. The Kier molecular flexibility index (Phi) is 4.31. The minimum absolute atomic E-state index is 0. The standard InChI is InChI=1S/C13H22N2OS.H2/c1-6-15(5)10-9(11(16)12(10)17)14-8-7-13(2,3)4;/h14H,6-8H2,1-5H3;1H. The van der Waals surface area contributed by atoms with Crippen molar-refractivity contribution in [2.24, 2.45) is 5.41 Å². The Hall–Kier alpha value is -0.900. The third-order valence-corrected chi connectivity index (χ3v) is 3.30. The van der Waals surface area contributed by atoms with E-state index in [0.29, 0.717) is 10.2 Å². The topological polar surface area (TPSA) is 32.3 Å².